The summed E-state index contributed by atoms with van der Waals surface area (Å²) in [6.45, 7) is 3.63. The van der Waals surface area contributed by atoms with Crippen molar-refractivity contribution >= 4 is 11.9 Å². The SMILES string of the molecule is CNC(=O)NC(=O)C(C)NC(C)c1cccnc1. The maximum Gasteiger partial charge on any atom is 0.321 e. The van der Waals surface area contributed by atoms with Crippen LogP contribution in [0.25, 0.3) is 0 Å². The van der Waals surface area contributed by atoms with Gasteiger partial charge >= 0.3 is 6.03 Å². The van der Waals surface area contributed by atoms with Crippen LogP contribution >= 0.6 is 0 Å². The minimum atomic E-state index is -0.511. The summed E-state index contributed by atoms with van der Waals surface area (Å²) in [6.07, 6.45) is 3.43. The highest BCUT2D eigenvalue weighted by atomic mass is 16.2. The van der Waals surface area contributed by atoms with E-state index in [0.29, 0.717) is 0 Å². The molecule has 1 rings (SSSR count). The average molecular weight is 250 g/mol. The summed E-state index contributed by atoms with van der Waals surface area (Å²) in [5.74, 6) is -0.370. The number of nitrogens with zero attached hydrogens (tertiary/aromatic N) is 1. The van der Waals surface area contributed by atoms with Crippen molar-refractivity contribution in [1.29, 1.82) is 0 Å². The molecule has 0 aromatic carbocycles. The topological polar surface area (TPSA) is 83.1 Å². The monoisotopic (exact) mass is 250 g/mol. The van der Waals surface area contributed by atoms with E-state index in [4.69, 9.17) is 0 Å². The van der Waals surface area contributed by atoms with Gasteiger partial charge in [-0.25, -0.2) is 4.79 Å². The van der Waals surface area contributed by atoms with Gasteiger partial charge in [-0.2, -0.15) is 0 Å². The molecule has 0 saturated heterocycles. The van der Waals surface area contributed by atoms with Crippen molar-refractivity contribution in [2.45, 2.75) is 25.9 Å². The van der Waals surface area contributed by atoms with E-state index < -0.39 is 12.1 Å². The van der Waals surface area contributed by atoms with Crippen LogP contribution < -0.4 is 16.0 Å². The zero-order valence-electron chi connectivity index (χ0n) is 10.7. The first-order chi connectivity index (χ1) is 8.54. The fraction of sp³-hybridized carbons (Fsp3) is 0.417. The van der Waals surface area contributed by atoms with Crippen molar-refractivity contribution in [3.05, 3.63) is 30.1 Å². The molecule has 0 fully saturated rings. The maximum absolute atomic E-state index is 11.6. The number of amides is 3. The summed E-state index contributed by atoms with van der Waals surface area (Å²) >= 11 is 0. The molecule has 1 aromatic rings. The summed E-state index contributed by atoms with van der Waals surface area (Å²) in [5, 5.41) is 7.64. The Balaban J connectivity index is 2.52. The average Bonchev–Trinajstić information content (AvgIpc) is 2.39. The Labute approximate surface area is 106 Å². The van der Waals surface area contributed by atoms with Crippen molar-refractivity contribution < 1.29 is 9.59 Å². The molecule has 6 nitrogen and oxygen atoms in total. The van der Waals surface area contributed by atoms with E-state index in [1.165, 1.54) is 7.05 Å². The second kappa shape index (κ2) is 6.70. The fourth-order valence-electron chi connectivity index (χ4n) is 1.46. The lowest BCUT2D eigenvalue weighted by atomic mass is 10.1. The molecule has 18 heavy (non-hydrogen) atoms. The highest BCUT2D eigenvalue weighted by Gasteiger charge is 2.17. The Hall–Kier alpha value is -1.95. The van der Waals surface area contributed by atoms with Crippen molar-refractivity contribution in [3.63, 3.8) is 0 Å². The Kier molecular flexibility index (Phi) is 5.26. The Morgan fingerprint density at radius 2 is 2.06 bits per heavy atom. The third-order valence-corrected chi connectivity index (χ3v) is 2.54. The first-order valence-corrected chi connectivity index (χ1v) is 5.73. The zero-order valence-corrected chi connectivity index (χ0v) is 10.7. The van der Waals surface area contributed by atoms with E-state index in [-0.39, 0.29) is 11.9 Å². The van der Waals surface area contributed by atoms with Crippen LogP contribution in [-0.2, 0) is 4.79 Å². The molecule has 6 heteroatoms. The molecule has 1 heterocycles. The molecule has 0 spiro atoms. The highest BCUT2D eigenvalue weighted by molar-refractivity contribution is 5.96. The lowest BCUT2D eigenvalue weighted by Crippen LogP contribution is -2.47. The van der Waals surface area contributed by atoms with Crippen LogP contribution in [0.2, 0.25) is 0 Å². The normalized spacial score (nSPS) is 13.5. The number of hydrogen-bond acceptors (Lipinski definition) is 4. The Bertz CT molecular complexity index is 408. The number of aromatic nitrogens is 1. The number of urea groups is 1. The van der Waals surface area contributed by atoms with Crippen molar-refractivity contribution in [2.75, 3.05) is 7.05 Å². The van der Waals surface area contributed by atoms with Crippen LogP contribution in [0.5, 0.6) is 0 Å². The summed E-state index contributed by atoms with van der Waals surface area (Å²) in [5.41, 5.74) is 0.983. The molecule has 0 aliphatic heterocycles. The van der Waals surface area contributed by atoms with Gasteiger partial charge in [0.25, 0.3) is 0 Å². The van der Waals surface area contributed by atoms with Gasteiger partial charge in [-0.1, -0.05) is 6.07 Å². The van der Waals surface area contributed by atoms with Crippen LogP contribution in [0, 0.1) is 0 Å². The van der Waals surface area contributed by atoms with Crippen molar-refractivity contribution in [3.8, 4) is 0 Å². The van der Waals surface area contributed by atoms with Gasteiger partial charge in [0.05, 0.1) is 6.04 Å². The summed E-state index contributed by atoms with van der Waals surface area (Å²) < 4.78 is 0. The lowest BCUT2D eigenvalue weighted by molar-refractivity contribution is -0.121. The second-order valence-electron chi connectivity index (χ2n) is 3.96. The quantitative estimate of drug-likeness (QED) is 0.730. The van der Waals surface area contributed by atoms with E-state index in [2.05, 4.69) is 20.9 Å². The van der Waals surface area contributed by atoms with Gasteiger partial charge in [0, 0.05) is 25.5 Å². The van der Waals surface area contributed by atoms with E-state index >= 15 is 0 Å². The van der Waals surface area contributed by atoms with Gasteiger partial charge in [0.1, 0.15) is 0 Å². The largest absolute Gasteiger partial charge is 0.341 e. The van der Waals surface area contributed by atoms with Gasteiger partial charge in [-0.15, -0.1) is 0 Å². The number of carbonyl (C=O) groups is 2. The second-order valence-corrected chi connectivity index (χ2v) is 3.96. The summed E-state index contributed by atoms with van der Waals surface area (Å²) in [4.78, 5) is 26.6. The predicted molar refractivity (Wildman–Crippen MR) is 67.8 cm³/mol. The smallest absolute Gasteiger partial charge is 0.321 e. The first-order valence-electron chi connectivity index (χ1n) is 5.73. The number of rotatable bonds is 4. The molecule has 0 aliphatic carbocycles. The number of hydrogen-bond donors (Lipinski definition) is 3. The number of nitrogens with one attached hydrogen (secondary N) is 3. The van der Waals surface area contributed by atoms with Crippen LogP contribution in [0.15, 0.2) is 24.5 Å². The molecular weight excluding hydrogens is 232 g/mol. The maximum atomic E-state index is 11.6. The Morgan fingerprint density at radius 1 is 1.33 bits per heavy atom. The fourth-order valence-corrected chi connectivity index (χ4v) is 1.46. The molecule has 1 aromatic heterocycles. The Morgan fingerprint density at radius 3 is 2.61 bits per heavy atom. The molecule has 2 unspecified atom stereocenters. The number of pyridine rings is 1. The molecule has 3 amide bonds. The molecule has 3 N–H and O–H groups in total. The molecule has 0 aliphatic rings. The van der Waals surface area contributed by atoms with Gasteiger partial charge < -0.3 is 5.32 Å². The molecule has 98 valence electrons. The van der Waals surface area contributed by atoms with Crippen LogP contribution in [0.3, 0.4) is 0 Å². The third-order valence-electron chi connectivity index (χ3n) is 2.54. The number of carbonyl (C=O) groups excluding carboxylic acids is 2. The van der Waals surface area contributed by atoms with Gasteiger partial charge in [-0.05, 0) is 25.5 Å². The first kappa shape index (κ1) is 14.1. The predicted octanol–water partition coefficient (Wildman–Crippen LogP) is 0.576. The van der Waals surface area contributed by atoms with Crippen molar-refractivity contribution in [1.82, 2.24) is 20.9 Å². The lowest BCUT2D eigenvalue weighted by Gasteiger charge is -2.19. The standard InChI is InChI=1S/C12H18N4O2/c1-8(10-5-4-6-14-7-10)15-9(2)11(17)16-12(18)13-3/h4-9,15H,1-3H3,(H2,13,16,17,18). The minimum Gasteiger partial charge on any atom is -0.341 e. The number of imide groups is 1. The molecule has 0 saturated carbocycles. The molecule has 2 atom stereocenters. The molecule has 0 bridgehead atoms. The van der Waals surface area contributed by atoms with Crippen LogP contribution in [0.4, 0.5) is 4.79 Å². The highest BCUT2D eigenvalue weighted by Crippen LogP contribution is 2.10. The summed E-state index contributed by atoms with van der Waals surface area (Å²) in [7, 11) is 1.46. The zero-order chi connectivity index (χ0) is 13.5. The third kappa shape index (κ3) is 4.14. The van der Waals surface area contributed by atoms with Gasteiger partial charge in [0.15, 0.2) is 0 Å². The van der Waals surface area contributed by atoms with Crippen LogP contribution in [-0.4, -0.2) is 30.0 Å². The van der Waals surface area contributed by atoms with E-state index in [0.717, 1.165) is 5.56 Å². The van der Waals surface area contributed by atoms with E-state index in [1.807, 2.05) is 19.1 Å². The summed E-state index contributed by atoms with van der Waals surface area (Å²) in [6, 6.07) is 2.75. The van der Waals surface area contributed by atoms with Gasteiger partial charge in [0.2, 0.25) is 5.91 Å². The minimum absolute atomic E-state index is 0.0239. The van der Waals surface area contributed by atoms with Crippen molar-refractivity contribution in [2.24, 2.45) is 0 Å². The molecule has 0 radical (unpaired) electrons. The van der Waals surface area contributed by atoms with E-state index in [1.54, 1.807) is 19.3 Å². The molecular formula is C12H18N4O2. The van der Waals surface area contributed by atoms with Crippen LogP contribution in [0.1, 0.15) is 25.5 Å². The van der Waals surface area contributed by atoms with E-state index in [9.17, 15) is 9.59 Å². The van der Waals surface area contributed by atoms with Gasteiger partial charge in [-0.3, -0.25) is 20.4 Å².